The number of nitrogens with zero attached hydrogens (tertiary/aromatic N) is 3. The van der Waals surface area contributed by atoms with Gasteiger partial charge in [0.15, 0.2) is 0 Å². The molecule has 0 unspecified atom stereocenters. The Morgan fingerprint density at radius 1 is 1.50 bits per heavy atom. The van der Waals surface area contributed by atoms with E-state index in [2.05, 4.69) is 25.5 Å². The average Bonchev–Trinajstić information content (AvgIpc) is 2.78. The summed E-state index contributed by atoms with van der Waals surface area (Å²) in [5, 5.41) is 9.08. The lowest BCUT2D eigenvalue weighted by molar-refractivity contribution is 0.0949. The highest BCUT2D eigenvalue weighted by Crippen LogP contribution is 2.00. The number of H-pyrrole nitrogens is 1. The number of aromatic amines is 1. The van der Waals surface area contributed by atoms with Crippen LogP contribution in [0.15, 0.2) is 24.7 Å². The van der Waals surface area contributed by atoms with Crippen LogP contribution < -0.4 is 5.32 Å². The molecule has 6 nitrogen and oxygen atoms in total. The molecule has 0 atom stereocenters. The molecule has 0 saturated carbocycles. The molecule has 0 aliphatic carbocycles. The van der Waals surface area contributed by atoms with Gasteiger partial charge >= 0.3 is 0 Å². The molecule has 2 aromatic heterocycles. The smallest absolute Gasteiger partial charge is 0.251 e. The van der Waals surface area contributed by atoms with E-state index in [9.17, 15) is 4.79 Å². The van der Waals surface area contributed by atoms with Gasteiger partial charge in [-0.05, 0) is 19.1 Å². The lowest BCUT2D eigenvalue weighted by Crippen LogP contribution is -2.23. The van der Waals surface area contributed by atoms with Crippen molar-refractivity contribution in [1.29, 1.82) is 0 Å². The quantitative estimate of drug-likeness (QED) is 0.781. The largest absolute Gasteiger partial charge is 0.345 e. The predicted molar refractivity (Wildman–Crippen MR) is 56.5 cm³/mol. The van der Waals surface area contributed by atoms with Crippen molar-refractivity contribution in [2.45, 2.75) is 13.5 Å². The van der Waals surface area contributed by atoms with Crippen LogP contribution in [0, 0.1) is 6.92 Å². The third-order valence-electron chi connectivity index (χ3n) is 2.04. The fraction of sp³-hybridized carbons (Fsp3) is 0.200. The summed E-state index contributed by atoms with van der Waals surface area (Å²) in [5.41, 5.74) is 1.40. The second kappa shape index (κ2) is 4.52. The number of carbonyl (C=O) groups is 1. The highest BCUT2D eigenvalue weighted by molar-refractivity contribution is 5.94. The van der Waals surface area contributed by atoms with Gasteiger partial charge in [0.1, 0.15) is 12.2 Å². The van der Waals surface area contributed by atoms with Gasteiger partial charge in [0.2, 0.25) is 0 Å². The van der Waals surface area contributed by atoms with Crippen molar-refractivity contribution in [3.05, 3.63) is 41.7 Å². The molecule has 2 aromatic rings. The van der Waals surface area contributed by atoms with Gasteiger partial charge in [-0.15, -0.1) is 0 Å². The molecule has 0 bridgehead atoms. The second-order valence-corrected chi connectivity index (χ2v) is 3.30. The fourth-order valence-electron chi connectivity index (χ4n) is 1.27. The maximum Gasteiger partial charge on any atom is 0.251 e. The van der Waals surface area contributed by atoms with Crippen LogP contribution in [-0.4, -0.2) is 26.1 Å². The number of hydrogen-bond acceptors (Lipinski definition) is 4. The van der Waals surface area contributed by atoms with Crippen LogP contribution in [0.2, 0.25) is 0 Å². The lowest BCUT2D eigenvalue weighted by Gasteiger charge is -2.03. The second-order valence-electron chi connectivity index (χ2n) is 3.30. The number of aromatic nitrogens is 4. The zero-order valence-corrected chi connectivity index (χ0v) is 8.77. The molecule has 0 aromatic carbocycles. The molecule has 82 valence electrons. The first-order valence-corrected chi connectivity index (χ1v) is 4.81. The number of aryl methyl sites for hydroxylation is 1. The summed E-state index contributed by atoms with van der Waals surface area (Å²) in [7, 11) is 0. The summed E-state index contributed by atoms with van der Waals surface area (Å²) < 4.78 is 0. The maximum absolute atomic E-state index is 11.7. The first kappa shape index (κ1) is 10.3. The third-order valence-corrected chi connectivity index (χ3v) is 2.04. The Labute approximate surface area is 92.1 Å². The van der Waals surface area contributed by atoms with Crippen LogP contribution >= 0.6 is 0 Å². The van der Waals surface area contributed by atoms with Crippen molar-refractivity contribution in [3.8, 4) is 0 Å². The van der Waals surface area contributed by atoms with Gasteiger partial charge in [-0.1, -0.05) is 0 Å². The van der Waals surface area contributed by atoms with E-state index in [0.717, 1.165) is 5.69 Å². The van der Waals surface area contributed by atoms with Crippen molar-refractivity contribution in [1.82, 2.24) is 25.5 Å². The van der Waals surface area contributed by atoms with Crippen LogP contribution in [0.5, 0.6) is 0 Å². The Balaban J connectivity index is 1.98. The van der Waals surface area contributed by atoms with Crippen molar-refractivity contribution in [2.75, 3.05) is 0 Å². The van der Waals surface area contributed by atoms with Gasteiger partial charge in [0, 0.05) is 17.5 Å². The summed E-state index contributed by atoms with van der Waals surface area (Å²) in [6.45, 7) is 2.17. The Hall–Kier alpha value is -2.24. The predicted octanol–water partition coefficient (Wildman–Crippen LogP) is 0.438. The molecule has 0 fully saturated rings. The first-order valence-electron chi connectivity index (χ1n) is 4.81. The Kier molecular flexibility index (Phi) is 2.90. The van der Waals surface area contributed by atoms with Gasteiger partial charge in [-0.25, -0.2) is 4.98 Å². The minimum atomic E-state index is -0.151. The van der Waals surface area contributed by atoms with E-state index < -0.39 is 0 Å². The number of amides is 1. The van der Waals surface area contributed by atoms with Crippen molar-refractivity contribution in [2.24, 2.45) is 0 Å². The van der Waals surface area contributed by atoms with Crippen molar-refractivity contribution < 1.29 is 4.79 Å². The standard InChI is InChI=1S/C10H11N5O/c1-7-4-8(2-3-11-7)10(16)12-5-9-13-6-14-15-9/h2-4,6H,5H2,1H3,(H,12,16)(H,13,14,15). The van der Waals surface area contributed by atoms with Crippen molar-refractivity contribution in [3.63, 3.8) is 0 Å². The van der Waals surface area contributed by atoms with Gasteiger partial charge in [0.05, 0.1) is 6.54 Å². The van der Waals surface area contributed by atoms with Crippen molar-refractivity contribution >= 4 is 5.91 Å². The summed E-state index contributed by atoms with van der Waals surface area (Å²) >= 11 is 0. The molecule has 0 radical (unpaired) electrons. The number of rotatable bonds is 3. The molecule has 16 heavy (non-hydrogen) atoms. The van der Waals surface area contributed by atoms with E-state index in [0.29, 0.717) is 17.9 Å². The van der Waals surface area contributed by atoms with Gasteiger partial charge in [-0.3, -0.25) is 14.9 Å². The van der Waals surface area contributed by atoms with E-state index in [1.807, 2.05) is 6.92 Å². The molecule has 2 N–H and O–H groups in total. The summed E-state index contributed by atoms with van der Waals surface area (Å²) in [6.07, 6.45) is 3.01. The monoisotopic (exact) mass is 217 g/mol. The van der Waals surface area contributed by atoms with Crippen LogP contribution in [0.3, 0.4) is 0 Å². The van der Waals surface area contributed by atoms with Gasteiger partial charge in [-0.2, -0.15) is 5.10 Å². The number of hydrogen-bond donors (Lipinski definition) is 2. The van der Waals surface area contributed by atoms with E-state index >= 15 is 0 Å². The van der Waals surface area contributed by atoms with Gasteiger partial charge < -0.3 is 5.32 Å². The van der Waals surface area contributed by atoms with Crippen LogP contribution in [0.4, 0.5) is 0 Å². The van der Waals surface area contributed by atoms with Crippen LogP contribution in [0.1, 0.15) is 21.9 Å². The average molecular weight is 217 g/mol. The first-order chi connectivity index (χ1) is 7.75. The Bertz CT molecular complexity index is 480. The Morgan fingerprint density at radius 2 is 2.38 bits per heavy atom. The minimum Gasteiger partial charge on any atom is -0.345 e. The number of pyridine rings is 1. The fourth-order valence-corrected chi connectivity index (χ4v) is 1.27. The SMILES string of the molecule is Cc1cc(C(=O)NCc2ncn[nH]2)ccn1. The maximum atomic E-state index is 11.7. The highest BCUT2D eigenvalue weighted by Gasteiger charge is 2.05. The Morgan fingerprint density at radius 3 is 3.06 bits per heavy atom. The highest BCUT2D eigenvalue weighted by atomic mass is 16.1. The molecule has 0 aliphatic heterocycles. The zero-order chi connectivity index (χ0) is 11.4. The third kappa shape index (κ3) is 2.41. The van der Waals surface area contributed by atoms with Crippen LogP contribution in [0.25, 0.3) is 0 Å². The molecule has 6 heteroatoms. The molecule has 2 rings (SSSR count). The topological polar surface area (TPSA) is 83.6 Å². The lowest BCUT2D eigenvalue weighted by atomic mass is 10.2. The summed E-state index contributed by atoms with van der Waals surface area (Å²) in [4.78, 5) is 19.6. The molecular formula is C10H11N5O. The molecule has 0 aliphatic rings. The number of carbonyl (C=O) groups excluding carboxylic acids is 1. The molecular weight excluding hydrogens is 206 g/mol. The normalized spacial score (nSPS) is 10.1. The van der Waals surface area contributed by atoms with E-state index in [-0.39, 0.29) is 5.91 Å². The summed E-state index contributed by atoms with van der Waals surface area (Å²) in [6, 6.07) is 3.40. The molecule has 1 amide bonds. The number of nitrogens with one attached hydrogen (secondary N) is 2. The van der Waals surface area contributed by atoms with Crippen LogP contribution in [-0.2, 0) is 6.54 Å². The minimum absolute atomic E-state index is 0.151. The molecule has 0 spiro atoms. The zero-order valence-electron chi connectivity index (χ0n) is 8.77. The summed E-state index contributed by atoms with van der Waals surface area (Å²) in [5.74, 6) is 0.473. The molecule has 0 saturated heterocycles. The van der Waals surface area contributed by atoms with E-state index in [4.69, 9.17) is 0 Å². The van der Waals surface area contributed by atoms with E-state index in [1.54, 1.807) is 18.3 Å². The van der Waals surface area contributed by atoms with E-state index in [1.165, 1.54) is 6.33 Å². The van der Waals surface area contributed by atoms with Gasteiger partial charge in [0.25, 0.3) is 5.91 Å². The molecule has 2 heterocycles.